The van der Waals surface area contributed by atoms with Crippen LogP contribution in [0.3, 0.4) is 0 Å². The van der Waals surface area contributed by atoms with Gasteiger partial charge in [0, 0.05) is 48.9 Å². The van der Waals surface area contributed by atoms with Gasteiger partial charge in [0.25, 0.3) is 11.8 Å². The summed E-state index contributed by atoms with van der Waals surface area (Å²) in [5.74, 6) is -5.21. The third kappa shape index (κ3) is 5.87. The number of hydrogen-bond acceptors (Lipinski definition) is 7. The lowest BCUT2D eigenvalue weighted by atomic mass is 10.0. The second-order valence-electron chi connectivity index (χ2n) is 11.3. The average molecular weight is 635 g/mol. The van der Waals surface area contributed by atoms with Crippen molar-refractivity contribution >= 4 is 23.5 Å². The summed E-state index contributed by atoms with van der Waals surface area (Å²) < 4.78 is 62.3. The number of aromatic nitrogens is 6. The van der Waals surface area contributed by atoms with Gasteiger partial charge in [-0.3, -0.25) is 4.79 Å². The average Bonchev–Trinajstić information content (AvgIpc) is 3.35. The molecule has 0 radical (unpaired) electrons. The van der Waals surface area contributed by atoms with Gasteiger partial charge in [-0.1, -0.05) is 0 Å². The molecule has 2 aliphatic rings. The summed E-state index contributed by atoms with van der Waals surface area (Å²) in [6, 6.07) is 11.7. The number of nitrogens with zero attached hydrogens (tertiary/aromatic N) is 7. The number of halogens is 4. The minimum atomic E-state index is -2.75. The Morgan fingerprint density at radius 2 is 1.78 bits per heavy atom. The van der Waals surface area contributed by atoms with Crippen molar-refractivity contribution in [3.63, 3.8) is 0 Å². The minimum absolute atomic E-state index is 0.0785. The van der Waals surface area contributed by atoms with Crippen molar-refractivity contribution in [2.24, 2.45) is 5.92 Å². The summed E-state index contributed by atoms with van der Waals surface area (Å²) in [6.45, 7) is 0.410. The topological polar surface area (TPSA) is 120 Å². The minimum Gasteiger partial charge on any atom is -0.449 e. The van der Waals surface area contributed by atoms with Crippen LogP contribution in [0.1, 0.15) is 35.7 Å². The number of piperidine rings is 1. The number of ether oxygens (including phenoxy) is 1. The third-order valence-electron chi connectivity index (χ3n) is 8.18. The summed E-state index contributed by atoms with van der Waals surface area (Å²) in [7, 11) is 0. The molecule has 5 aromatic rings. The summed E-state index contributed by atoms with van der Waals surface area (Å²) >= 11 is 0. The second kappa shape index (κ2) is 11.5. The van der Waals surface area contributed by atoms with Gasteiger partial charge >= 0.3 is 6.09 Å². The van der Waals surface area contributed by atoms with E-state index in [1.54, 1.807) is 30.6 Å². The molecule has 1 aromatic carbocycles. The van der Waals surface area contributed by atoms with Gasteiger partial charge in [-0.2, -0.15) is 9.49 Å². The number of anilines is 1. The van der Waals surface area contributed by atoms with Crippen LogP contribution in [-0.2, 0) is 4.74 Å². The number of nitrogens with one attached hydrogen (secondary N) is 1. The summed E-state index contributed by atoms with van der Waals surface area (Å²) in [5, 5.41) is 7.38. The number of fused-ring (bicyclic) bond motifs is 1. The number of benzene rings is 1. The Morgan fingerprint density at radius 3 is 2.50 bits per heavy atom. The Kier molecular flexibility index (Phi) is 7.37. The fraction of sp³-hybridized carbons (Fsp3) is 0.290. The number of alkyl halides is 2. The van der Waals surface area contributed by atoms with Gasteiger partial charge in [0.2, 0.25) is 5.95 Å². The van der Waals surface area contributed by atoms with Crippen LogP contribution < -0.4 is 5.32 Å². The van der Waals surface area contributed by atoms with Gasteiger partial charge in [0.1, 0.15) is 18.1 Å². The molecule has 0 bridgehead atoms. The summed E-state index contributed by atoms with van der Waals surface area (Å²) in [5.41, 5.74) is 2.91. The maximum absolute atomic E-state index is 13.8. The number of imidazole rings is 2. The Bertz CT molecular complexity index is 1940. The highest BCUT2D eigenvalue weighted by Crippen LogP contribution is 2.48. The molecule has 1 atom stereocenters. The lowest BCUT2D eigenvalue weighted by Crippen LogP contribution is -2.39. The number of likely N-dealkylation sites (tertiary alicyclic amines) is 1. The molecule has 7 rings (SSSR count). The van der Waals surface area contributed by atoms with E-state index in [1.807, 2.05) is 4.57 Å². The first-order valence-corrected chi connectivity index (χ1v) is 14.6. The standard InChI is InChI=1S/C31H26F4N8O3/c32-21-3-1-18(2-4-21)27-28(42(17-37-27)22-8-11-41(12-9-22)30(45)46-16-20-14-31(20,34)35)23-5-6-26-38-25(15-43(26)40-23)39-29(44)19-7-10-36-24(33)13-19/h1-7,10,13,15,17,20,22H,8-9,11-12,14,16H2,(H,39,44). The molecule has 1 N–H and O–H groups in total. The van der Waals surface area contributed by atoms with Crippen LogP contribution in [0, 0.1) is 17.7 Å². The van der Waals surface area contributed by atoms with Crippen molar-refractivity contribution in [1.82, 2.24) is 34.0 Å². The Labute approximate surface area is 258 Å². The van der Waals surface area contributed by atoms with Gasteiger partial charge in [-0.25, -0.2) is 37.4 Å². The van der Waals surface area contributed by atoms with Crippen LogP contribution in [0.25, 0.3) is 28.3 Å². The van der Waals surface area contributed by atoms with Crippen LogP contribution in [0.4, 0.5) is 28.2 Å². The zero-order valence-corrected chi connectivity index (χ0v) is 24.1. The fourth-order valence-electron chi connectivity index (χ4n) is 5.55. The molecule has 0 spiro atoms. The van der Waals surface area contributed by atoms with Crippen LogP contribution >= 0.6 is 0 Å². The lowest BCUT2D eigenvalue weighted by molar-refractivity contribution is 0.0548. The van der Waals surface area contributed by atoms with Crippen molar-refractivity contribution in [3.05, 3.63) is 84.6 Å². The van der Waals surface area contributed by atoms with E-state index >= 15 is 0 Å². The Hall–Kier alpha value is -5.34. The van der Waals surface area contributed by atoms with E-state index < -0.39 is 35.6 Å². The first kappa shape index (κ1) is 29.4. The lowest BCUT2D eigenvalue weighted by Gasteiger charge is -2.32. The quantitative estimate of drug-likeness (QED) is 0.183. The number of pyridine rings is 1. The molecule has 46 heavy (non-hydrogen) atoms. The SMILES string of the molecule is O=C(Nc1cn2nc(-c3c(-c4ccc(F)cc4)ncn3C3CCN(C(=O)OCC4CC4(F)F)CC3)ccc2n1)c1ccnc(F)c1. The van der Waals surface area contributed by atoms with Crippen molar-refractivity contribution in [3.8, 4) is 22.6 Å². The van der Waals surface area contributed by atoms with E-state index in [0.29, 0.717) is 54.2 Å². The number of hydrogen-bond donors (Lipinski definition) is 1. The molecular formula is C31H26F4N8O3. The molecule has 1 unspecified atom stereocenters. The number of rotatable bonds is 7. The zero-order chi connectivity index (χ0) is 32.0. The third-order valence-corrected chi connectivity index (χ3v) is 8.18. The highest BCUT2D eigenvalue weighted by atomic mass is 19.3. The van der Waals surface area contributed by atoms with Crippen LogP contribution in [-0.4, -0.2) is 71.7 Å². The molecule has 1 saturated heterocycles. The largest absolute Gasteiger partial charge is 0.449 e. The van der Waals surface area contributed by atoms with Gasteiger partial charge in [0.15, 0.2) is 11.5 Å². The molecule has 2 fully saturated rings. The monoisotopic (exact) mass is 634 g/mol. The van der Waals surface area contributed by atoms with Crippen LogP contribution in [0.2, 0.25) is 0 Å². The van der Waals surface area contributed by atoms with E-state index in [-0.39, 0.29) is 30.5 Å². The normalized spacial score (nSPS) is 17.7. The van der Waals surface area contributed by atoms with E-state index in [1.165, 1.54) is 40.0 Å². The first-order chi connectivity index (χ1) is 22.1. The predicted molar refractivity (Wildman–Crippen MR) is 156 cm³/mol. The molecule has 15 heteroatoms. The smallest absolute Gasteiger partial charge is 0.409 e. The molecule has 11 nitrogen and oxygen atoms in total. The fourth-order valence-corrected chi connectivity index (χ4v) is 5.55. The molecule has 1 aliphatic carbocycles. The molecule has 5 heterocycles. The van der Waals surface area contributed by atoms with E-state index in [4.69, 9.17) is 9.84 Å². The number of carbonyl (C=O) groups is 2. The molecule has 4 aromatic heterocycles. The highest BCUT2D eigenvalue weighted by Gasteiger charge is 2.57. The van der Waals surface area contributed by atoms with Crippen molar-refractivity contribution < 1.29 is 31.9 Å². The van der Waals surface area contributed by atoms with Gasteiger partial charge in [-0.15, -0.1) is 0 Å². The Balaban J connectivity index is 1.14. The Morgan fingerprint density at radius 1 is 1.02 bits per heavy atom. The van der Waals surface area contributed by atoms with Crippen LogP contribution in [0.15, 0.2) is 67.3 Å². The predicted octanol–water partition coefficient (Wildman–Crippen LogP) is 5.61. The van der Waals surface area contributed by atoms with Gasteiger partial charge in [0.05, 0.1) is 29.8 Å². The second-order valence-corrected chi connectivity index (χ2v) is 11.3. The highest BCUT2D eigenvalue weighted by molar-refractivity contribution is 6.03. The maximum Gasteiger partial charge on any atom is 0.409 e. The van der Waals surface area contributed by atoms with E-state index in [9.17, 15) is 27.2 Å². The van der Waals surface area contributed by atoms with Crippen LogP contribution in [0.5, 0.6) is 0 Å². The molecule has 1 aliphatic heterocycles. The van der Waals surface area contributed by atoms with Crippen molar-refractivity contribution in [2.45, 2.75) is 31.2 Å². The van der Waals surface area contributed by atoms with Crippen molar-refractivity contribution in [2.75, 3.05) is 25.0 Å². The maximum atomic E-state index is 13.8. The number of amides is 2. The molecular weight excluding hydrogens is 608 g/mol. The van der Waals surface area contributed by atoms with Crippen molar-refractivity contribution in [1.29, 1.82) is 0 Å². The van der Waals surface area contributed by atoms with Gasteiger partial charge in [-0.05, 0) is 55.3 Å². The molecule has 236 valence electrons. The first-order valence-electron chi connectivity index (χ1n) is 14.6. The molecule has 1 saturated carbocycles. The zero-order valence-electron chi connectivity index (χ0n) is 24.1. The van der Waals surface area contributed by atoms with Gasteiger partial charge < -0.3 is 19.5 Å². The summed E-state index contributed by atoms with van der Waals surface area (Å²) in [4.78, 5) is 39.2. The van der Waals surface area contributed by atoms with E-state index in [2.05, 4.69) is 20.3 Å². The molecule has 2 amide bonds. The number of carbonyl (C=O) groups excluding carboxylic acids is 2. The summed E-state index contributed by atoms with van der Waals surface area (Å²) in [6.07, 6.45) is 4.61. The van der Waals surface area contributed by atoms with E-state index in [0.717, 1.165) is 6.07 Å².